The number of rotatable bonds is 3. The Hall–Kier alpha value is -1.36. The summed E-state index contributed by atoms with van der Waals surface area (Å²) in [5.74, 6) is 0.0490. The van der Waals surface area contributed by atoms with E-state index in [1.807, 2.05) is 18.4 Å². The zero-order chi connectivity index (χ0) is 13.8. The number of piperidine rings is 1. The number of hydrogen-bond acceptors (Lipinski definition) is 4. The second-order valence-corrected chi connectivity index (χ2v) is 6.01. The molecule has 2 heterocycles. The second kappa shape index (κ2) is 6.19. The Balaban J connectivity index is 1.83. The maximum absolute atomic E-state index is 12.0. The normalized spacial score (nSPS) is 19.3. The number of carbonyl (C=O) groups is 2. The van der Waals surface area contributed by atoms with Gasteiger partial charge in [0.15, 0.2) is 6.61 Å². The van der Waals surface area contributed by atoms with Crippen molar-refractivity contribution in [3.05, 3.63) is 21.9 Å². The van der Waals surface area contributed by atoms with Crippen LogP contribution in [0.3, 0.4) is 0 Å². The van der Waals surface area contributed by atoms with Crippen LogP contribution in [0.15, 0.2) is 11.4 Å². The van der Waals surface area contributed by atoms with E-state index in [2.05, 4.69) is 6.92 Å². The van der Waals surface area contributed by atoms with Gasteiger partial charge in [-0.15, -0.1) is 11.3 Å². The minimum absolute atomic E-state index is 0.0888. The molecular formula is C14H19NO3S. The van der Waals surface area contributed by atoms with Crippen molar-refractivity contribution in [2.75, 3.05) is 19.7 Å². The van der Waals surface area contributed by atoms with Gasteiger partial charge >= 0.3 is 5.97 Å². The zero-order valence-corrected chi connectivity index (χ0v) is 12.2. The molecule has 19 heavy (non-hydrogen) atoms. The summed E-state index contributed by atoms with van der Waals surface area (Å²) in [6.07, 6.45) is 2.20. The summed E-state index contributed by atoms with van der Waals surface area (Å²) in [7, 11) is 0. The molecule has 1 atom stereocenters. The third kappa shape index (κ3) is 3.56. The van der Waals surface area contributed by atoms with E-state index in [9.17, 15) is 9.59 Å². The van der Waals surface area contributed by atoms with Crippen LogP contribution < -0.4 is 0 Å². The van der Waals surface area contributed by atoms with E-state index in [1.54, 1.807) is 4.90 Å². The molecule has 1 saturated heterocycles. The Morgan fingerprint density at radius 3 is 2.95 bits per heavy atom. The van der Waals surface area contributed by atoms with Gasteiger partial charge in [-0.1, -0.05) is 6.92 Å². The number of nitrogens with zero attached hydrogens (tertiary/aromatic N) is 1. The SMILES string of the molecule is Cc1ccsc1C(=O)OCC(=O)N1CCCC(C)C1. The van der Waals surface area contributed by atoms with Crippen LogP contribution >= 0.6 is 11.3 Å². The molecule has 1 aliphatic heterocycles. The highest BCUT2D eigenvalue weighted by molar-refractivity contribution is 7.12. The van der Waals surface area contributed by atoms with Crippen molar-refractivity contribution >= 4 is 23.2 Å². The molecule has 1 fully saturated rings. The fourth-order valence-electron chi connectivity index (χ4n) is 2.28. The molecule has 0 aromatic carbocycles. The van der Waals surface area contributed by atoms with Crippen LogP contribution in [0.1, 0.15) is 35.0 Å². The van der Waals surface area contributed by atoms with Gasteiger partial charge in [-0.2, -0.15) is 0 Å². The highest BCUT2D eigenvalue weighted by atomic mass is 32.1. The molecule has 104 valence electrons. The first-order chi connectivity index (χ1) is 9.08. The van der Waals surface area contributed by atoms with Crippen LogP contribution in [-0.2, 0) is 9.53 Å². The van der Waals surface area contributed by atoms with Gasteiger partial charge in [-0.25, -0.2) is 4.79 Å². The first kappa shape index (κ1) is 14.1. The van der Waals surface area contributed by atoms with Crippen LogP contribution in [0.4, 0.5) is 0 Å². The van der Waals surface area contributed by atoms with Gasteiger partial charge in [-0.3, -0.25) is 4.79 Å². The molecule has 1 amide bonds. The molecule has 0 bridgehead atoms. The molecular weight excluding hydrogens is 262 g/mol. The summed E-state index contributed by atoms with van der Waals surface area (Å²) in [4.78, 5) is 26.1. The lowest BCUT2D eigenvalue weighted by molar-refractivity contribution is -0.136. The predicted octanol–water partition coefficient (Wildman–Crippen LogP) is 2.47. The van der Waals surface area contributed by atoms with Gasteiger partial charge in [0, 0.05) is 13.1 Å². The molecule has 1 unspecified atom stereocenters. The Morgan fingerprint density at radius 1 is 1.53 bits per heavy atom. The van der Waals surface area contributed by atoms with Crippen molar-refractivity contribution in [1.82, 2.24) is 4.90 Å². The van der Waals surface area contributed by atoms with Crippen LogP contribution in [0, 0.1) is 12.8 Å². The van der Waals surface area contributed by atoms with Crippen LogP contribution in [-0.4, -0.2) is 36.5 Å². The van der Waals surface area contributed by atoms with E-state index in [0.29, 0.717) is 10.8 Å². The van der Waals surface area contributed by atoms with Gasteiger partial charge in [-0.05, 0) is 42.7 Å². The fraction of sp³-hybridized carbons (Fsp3) is 0.571. The molecule has 4 nitrogen and oxygen atoms in total. The van der Waals surface area contributed by atoms with Crippen molar-refractivity contribution in [1.29, 1.82) is 0 Å². The number of esters is 1. The van der Waals surface area contributed by atoms with E-state index in [0.717, 1.165) is 31.5 Å². The minimum atomic E-state index is -0.397. The van der Waals surface area contributed by atoms with E-state index >= 15 is 0 Å². The van der Waals surface area contributed by atoms with Gasteiger partial charge in [0.05, 0.1) is 0 Å². The van der Waals surface area contributed by atoms with E-state index in [4.69, 9.17) is 4.74 Å². The first-order valence-electron chi connectivity index (χ1n) is 6.57. The molecule has 0 saturated carbocycles. The molecule has 2 rings (SSSR count). The predicted molar refractivity (Wildman–Crippen MR) is 74.3 cm³/mol. The lowest BCUT2D eigenvalue weighted by atomic mass is 10.0. The lowest BCUT2D eigenvalue weighted by Gasteiger charge is -2.30. The van der Waals surface area contributed by atoms with Crippen molar-refractivity contribution in [2.24, 2.45) is 5.92 Å². The van der Waals surface area contributed by atoms with Gasteiger partial charge < -0.3 is 9.64 Å². The molecule has 1 aliphatic rings. The Kier molecular flexibility index (Phi) is 4.58. The largest absolute Gasteiger partial charge is 0.451 e. The maximum Gasteiger partial charge on any atom is 0.349 e. The molecule has 0 radical (unpaired) electrons. The standard InChI is InChI=1S/C14H19NO3S/c1-10-4-3-6-15(8-10)12(16)9-18-14(17)13-11(2)5-7-19-13/h5,7,10H,3-4,6,8-9H2,1-2H3. The quantitative estimate of drug-likeness (QED) is 0.800. The number of thiophene rings is 1. The number of ether oxygens (including phenoxy) is 1. The molecule has 1 aromatic heterocycles. The van der Waals surface area contributed by atoms with E-state index in [1.165, 1.54) is 11.3 Å². The maximum atomic E-state index is 12.0. The van der Waals surface area contributed by atoms with Gasteiger partial charge in [0.25, 0.3) is 5.91 Å². The molecule has 5 heteroatoms. The third-order valence-electron chi connectivity index (χ3n) is 3.38. The van der Waals surface area contributed by atoms with E-state index in [-0.39, 0.29) is 12.5 Å². The van der Waals surface area contributed by atoms with E-state index < -0.39 is 5.97 Å². The van der Waals surface area contributed by atoms with Crippen LogP contribution in [0.2, 0.25) is 0 Å². The summed E-state index contributed by atoms with van der Waals surface area (Å²) < 4.78 is 5.10. The minimum Gasteiger partial charge on any atom is -0.451 e. The summed E-state index contributed by atoms with van der Waals surface area (Å²) in [6, 6.07) is 1.87. The first-order valence-corrected chi connectivity index (χ1v) is 7.45. The Labute approximate surface area is 117 Å². The van der Waals surface area contributed by atoms with Crippen molar-refractivity contribution in [3.63, 3.8) is 0 Å². The van der Waals surface area contributed by atoms with Crippen molar-refractivity contribution < 1.29 is 14.3 Å². The number of aryl methyl sites for hydroxylation is 1. The van der Waals surface area contributed by atoms with Crippen molar-refractivity contribution in [2.45, 2.75) is 26.7 Å². The van der Waals surface area contributed by atoms with Crippen LogP contribution in [0.25, 0.3) is 0 Å². The molecule has 0 aliphatic carbocycles. The average molecular weight is 281 g/mol. The number of amides is 1. The number of hydrogen-bond donors (Lipinski definition) is 0. The van der Waals surface area contributed by atoms with Gasteiger partial charge in [0.1, 0.15) is 4.88 Å². The van der Waals surface area contributed by atoms with Gasteiger partial charge in [0.2, 0.25) is 0 Å². The zero-order valence-electron chi connectivity index (χ0n) is 11.3. The second-order valence-electron chi connectivity index (χ2n) is 5.10. The molecule has 0 spiro atoms. The van der Waals surface area contributed by atoms with Crippen LogP contribution in [0.5, 0.6) is 0 Å². The highest BCUT2D eigenvalue weighted by Gasteiger charge is 2.22. The Morgan fingerprint density at radius 2 is 2.32 bits per heavy atom. The fourth-order valence-corrected chi connectivity index (χ4v) is 3.10. The smallest absolute Gasteiger partial charge is 0.349 e. The highest BCUT2D eigenvalue weighted by Crippen LogP contribution is 2.18. The summed E-state index contributed by atoms with van der Waals surface area (Å²) in [5.41, 5.74) is 0.897. The number of likely N-dealkylation sites (tertiary alicyclic amines) is 1. The lowest BCUT2D eigenvalue weighted by Crippen LogP contribution is -2.41. The topological polar surface area (TPSA) is 46.6 Å². The molecule has 0 N–H and O–H groups in total. The third-order valence-corrected chi connectivity index (χ3v) is 4.38. The Bertz CT molecular complexity index is 469. The average Bonchev–Trinajstić information content (AvgIpc) is 2.82. The summed E-state index contributed by atoms with van der Waals surface area (Å²) >= 11 is 1.35. The molecule has 1 aromatic rings. The monoisotopic (exact) mass is 281 g/mol. The van der Waals surface area contributed by atoms with Crippen molar-refractivity contribution in [3.8, 4) is 0 Å². The summed E-state index contributed by atoms with van der Waals surface area (Å²) in [6.45, 7) is 5.40. The summed E-state index contributed by atoms with van der Waals surface area (Å²) in [5, 5.41) is 1.85. The number of carbonyl (C=O) groups excluding carboxylic acids is 2.